The smallest absolute Gasteiger partial charge is 0.326 e. The Morgan fingerprint density at radius 3 is 2.66 bits per heavy atom. The highest BCUT2D eigenvalue weighted by Crippen LogP contribution is 2.22. The number of carbonyl (C=O) groups excluding carboxylic acids is 2. The molecule has 1 amide bonds. The molecular weight excluding hydrogens is 436 g/mol. The highest BCUT2D eigenvalue weighted by molar-refractivity contribution is 7.90. The molecule has 2 aromatic carbocycles. The van der Waals surface area contributed by atoms with Crippen molar-refractivity contribution in [3.8, 4) is 0 Å². The average molecular weight is 453 g/mol. The number of thiazole rings is 1. The minimum absolute atomic E-state index is 0.0288. The van der Waals surface area contributed by atoms with Gasteiger partial charge >= 0.3 is 5.97 Å². The molecule has 152 valence electrons. The monoisotopic (exact) mass is 452 g/mol. The summed E-state index contributed by atoms with van der Waals surface area (Å²) in [5, 5.41) is 0.515. The van der Waals surface area contributed by atoms with Crippen LogP contribution in [0.1, 0.15) is 17.3 Å². The fraction of sp³-hybridized carbons (Fsp3) is 0.211. The van der Waals surface area contributed by atoms with Crippen molar-refractivity contribution in [3.63, 3.8) is 0 Å². The standard InChI is InChI=1S/C19H17ClN2O5S2/c1-3-27-17(23)11-22-15-8-7-13(20)10-16(15)28-19(22)21-18(24)12-5-4-6-14(9-12)29(2,25)26/h4-10H,3,11H2,1-2H3. The van der Waals surface area contributed by atoms with Gasteiger partial charge in [-0.2, -0.15) is 4.99 Å². The Hall–Kier alpha value is -2.49. The molecule has 0 aliphatic heterocycles. The molecule has 0 aliphatic rings. The fourth-order valence-corrected chi connectivity index (χ4v) is 4.60. The van der Waals surface area contributed by atoms with Crippen molar-refractivity contribution in [2.24, 2.45) is 4.99 Å². The highest BCUT2D eigenvalue weighted by atomic mass is 35.5. The van der Waals surface area contributed by atoms with Crippen molar-refractivity contribution < 1.29 is 22.7 Å². The molecule has 0 N–H and O–H groups in total. The van der Waals surface area contributed by atoms with Gasteiger partial charge in [0.15, 0.2) is 14.6 Å². The normalized spacial score (nSPS) is 12.3. The summed E-state index contributed by atoms with van der Waals surface area (Å²) < 4.78 is 30.8. The van der Waals surface area contributed by atoms with Crippen LogP contribution in [0.15, 0.2) is 52.4 Å². The molecule has 7 nitrogen and oxygen atoms in total. The van der Waals surface area contributed by atoms with Gasteiger partial charge in [-0.05, 0) is 43.3 Å². The van der Waals surface area contributed by atoms with Crippen LogP contribution in [0.2, 0.25) is 5.02 Å². The third-order valence-corrected chi connectivity index (χ3v) is 6.33. The molecule has 0 fully saturated rings. The first-order valence-electron chi connectivity index (χ1n) is 8.52. The van der Waals surface area contributed by atoms with Crippen molar-refractivity contribution in [2.45, 2.75) is 18.4 Å². The van der Waals surface area contributed by atoms with Gasteiger partial charge in [0.2, 0.25) is 0 Å². The lowest BCUT2D eigenvalue weighted by molar-refractivity contribution is -0.143. The largest absolute Gasteiger partial charge is 0.465 e. The topological polar surface area (TPSA) is 94.8 Å². The third kappa shape index (κ3) is 4.92. The number of amides is 1. The summed E-state index contributed by atoms with van der Waals surface area (Å²) in [4.78, 5) is 29.2. The van der Waals surface area contributed by atoms with Crippen molar-refractivity contribution in [1.29, 1.82) is 0 Å². The molecule has 1 heterocycles. The van der Waals surface area contributed by atoms with Crippen molar-refractivity contribution in [2.75, 3.05) is 12.9 Å². The number of fused-ring (bicyclic) bond motifs is 1. The zero-order valence-electron chi connectivity index (χ0n) is 15.6. The van der Waals surface area contributed by atoms with Crippen LogP contribution in [0.5, 0.6) is 0 Å². The number of hydrogen-bond donors (Lipinski definition) is 0. The Morgan fingerprint density at radius 1 is 1.21 bits per heavy atom. The number of ether oxygens (including phenoxy) is 1. The van der Waals surface area contributed by atoms with Gasteiger partial charge in [-0.25, -0.2) is 8.42 Å². The molecule has 0 bridgehead atoms. The van der Waals surface area contributed by atoms with Gasteiger partial charge < -0.3 is 9.30 Å². The highest BCUT2D eigenvalue weighted by Gasteiger charge is 2.15. The molecule has 0 saturated heterocycles. The SMILES string of the molecule is CCOC(=O)Cn1c(=NC(=O)c2cccc(S(C)(=O)=O)c2)sc2cc(Cl)ccc21. The maximum Gasteiger partial charge on any atom is 0.326 e. The summed E-state index contributed by atoms with van der Waals surface area (Å²) in [5.41, 5.74) is 0.815. The van der Waals surface area contributed by atoms with Crippen LogP contribution in [-0.2, 0) is 25.9 Å². The minimum Gasteiger partial charge on any atom is -0.465 e. The van der Waals surface area contributed by atoms with Gasteiger partial charge in [0.1, 0.15) is 6.54 Å². The van der Waals surface area contributed by atoms with Crippen LogP contribution in [0.25, 0.3) is 10.2 Å². The number of sulfone groups is 1. The number of benzene rings is 2. The summed E-state index contributed by atoms with van der Waals surface area (Å²) >= 11 is 7.24. The Balaban J connectivity index is 2.11. The van der Waals surface area contributed by atoms with E-state index < -0.39 is 21.7 Å². The lowest BCUT2D eigenvalue weighted by Gasteiger charge is -2.05. The predicted octanol–water partition coefficient (Wildman–Crippen LogP) is 3.06. The Kier molecular flexibility index (Phi) is 6.21. The van der Waals surface area contributed by atoms with E-state index in [1.165, 1.54) is 35.6 Å². The zero-order chi connectivity index (χ0) is 21.2. The molecule has 3 aromatic rings. The molecule has 0 radical (unpaired) electrons. The van der Waals surface area contributed by atoms with E-state index >= 15 is 0 Å². The number of rotatable bonds is 5. The van der Waals surface area contributed by atoms with E-state index in [9.17, 15) is 18.0 Å². The second kappa shape index (κ2) is 8.48. The molecule has 0 unspecified atom stereocenters. The molecule has 0 spiro atoms. The second-order valence-electron chi connectivity index (χ2n) is 6.10. The van der Waals surface area contributed by atoms with Gasteiger partial charge in [0, 0.05) is 16.8 Å². The maximum absolute atomic E-state index is 12.7. The average Bonchev–Trinajstić information content (AvgIpc) is 2.97. The predicted molar refractivity (Wildman–Crippen MR) is 111 cm³/mol. The zero-order valence-corrected chi connectivity index (χ0v) is 18.0. The Morgan fingerprint density at radius 2 is 1.97 bits per heavy atom. The number of halogens is 1. The first kappa shape index (κ1) is 21.2. The Bertz CT molecular complexity index is 1280. The molecule has 3 rings (SSSR count). The maximum atomic E-state index is 12.7. The minimum atomic E-state index is -3.46. The molecule has 1 aromatic heterocycles. The van der Waals surface area contributed by atoms with Gasteiger partial charge in [0.05, 0.1) is 21.7 Å². The van der Waals surface area contributed by atoms with E-state index in [-0.39, 0.29) is 28.4 Å². The van der Waals surface area contributed by atoms with Gasteiger partial charge in [-0.1, -0.05) is 29.0 Å². The number of aromatic nitrogens is 1. The van der Waals surface area contributed by atoms with E-state index in [0.717, 1.165) is 11.0 Å². The summed E-state index contributed by atoms with van der Waals surface area (Å²) in [7, 11) is -3.46. The fourth-order valence-electron chi connectivity index (χ4n) is 2.63. The van der Waals surface area contributed by atoms with Gasteiger partial charge in [-0.3, -0.25) is 9.59 Å². The molecule has 0 saturated carbocycles. The van der Waals surface area contributed by atoms with Crippen LogP contribution in [-0.4, -0.2) is 37.7 Å². The quantitative estimate of drug-likeness (QED) is 0.554. The number of esters is 1. The summed E-state index contributed by atoms with van der Waals surface area (Å²) in [6.07, 6.45) is 1.07. The van der Waals surface area contributed by atoms with E-state index in [4.69, 9.17) is 16.3 Å². The van der Waals surface area contributed by atoms with Gasteiger partial charge in [-0.15, -0.1) is 0 Å². The number of hydrogen-bond acceptors (Lipinski definition) is 6. The lowest BCUT2D eigenvalue weighted by atomic mass is 10.2. The number of nitrogens with zero attached hydrogens (tertiary/aromatic N) is 2. The van der Waals surface area contributed by atoms with Crippen molar-refractivity contribution in [3.05, 3.63) is 57.9 Å². The Labute approximate surface area is 176 Å². The molecule has 0 aliphatic carbocycles. The van der Waals surface area contributed by atoms with Crippen LogP contribution >= 0.6 is 22.9 Å². The van der Waals surface area contributed by atoms with E-state index in [2.05, 4.69) is 4.99 Å². The third-order valence-electron chi connectivity index (χ3n) is 3.94. The first-order chi connectivity index (χ1) is 13.7. The summed E-state index contributed by atoms with van der Waals surface area (Å²) in [5.74, 6) is -1.08. The van der Waals surface area contributed by atoms with Crippen molar-refractivity contribution >= 4 is 54.9 Å². The van der Waals surface area contributed by atoms with Crippen molar-refractivity contribution in [1.82, 2.24) is 4.57 Å². The number of carbonyl (C=O) groups is 2. The molecule has 0 atom stereocenters. The van der Waals surface area contributed by atoms with Gasteiger partial charge in [0.25, 0.3) is 5.91 Å². The van der Waals surface area contributed by atoms with E-state index in [1.54, 1.807) is 29.7 Å². The molecule has 10 heteroatoms. The second-order valence-corrected chi connectivity index (χ2v) is 9.57. The molecule has 29 heavy (non-hydrogen) atoms. The molecular formula is C19H17ClN2O5S2. The van der Waals surface area contributed by atoms with Crippen LogP contribution < -0.4 is 4.80 Å². The lowest BCUT2D eigenvalue weighted by Crippen LogP contribution is -2.23. The van der Waals surface area contributed by atoms with Crippen LogP contribution in [0.4, 0.5) is 0 Å². The summed E-state index contributed by atoms with van der Waals surface area (Å²) in [6, 6.07) is 10.8. The van der Waals surface area contributed by atoms with E-state index in [0.29, 0.717) is 10.5 Å². The van der Waals surface area contributed by atoms with E-state index in [1.807, 2.05) is 0 Å². The summed E-state index contributed by atoms with van der Waals surface area (Å²) in [6.45, 7) is 1.82. The first-order valence-corrected chi connectivity index (χ1v) is 11.6. The van der Waals surface area contributed by atoms with Crippen LogP contribution in [0, 0.1) is 0 Å². The van der Waals surface area contributed by atoms with Crippen LogP contribution in [0.3, 0.4) is 0 Å².